The highest BCUT2D eigenvalue weighted by molar-refractivity contribution is 7.99. The summed E-state index contributed by atoms with van der Waals surface area (Å²) in [6.45, 7) is 0.0754. The van der Waals surface area contributed by atoms with E-state index in [-0.39, 0.29) is 30.1 Å². The maximum absolute atomic E-state index is 11.8. The second-order valence-electron chi connectivity index (χ2n) is 4.38. The zero-order valence-electron chi connectivity index (χ0n) is 10.5. The Kier molecular flexibility index (Phi) is 4.25. The van der Waals surface area contributed by atoms with Gasteiger partial charge in [0.2, 0.25) is 22.9 Å². The van der Waals surface area contributed by atoms with E-state index in [1.165, 1.54) is 16.7 Å². The van der Waals surface area contributed by atoms with E-state index < -0.39 is 0 Å². The Morgan fingerprint density at radius 2 is 2.32 bits per heavy atom. The molecule has 2 amide bonds. The standard InChI is InChI=1S/C10H16N6O2S/c1-16(4-7(17)12-6-2-3-6)8(18)5-19-10-13-9(11)14-15-10/h6H,2-5H2,1H3,(H,12,17)(H3,11,13,14,15). The van der Waals surface area contributed by atoms with Crippen molar-refractivity contribution in [2.75, 3.05) is 25.1 Å². The number of nitrogen functional groups attached to an aromatic ring is 1. The lowest BCUT2D eigenvalue weighted by molar-refractivity contribution is -0.132. The van der Waals surface area contributed by atoms with Crippen molar-refractivity contribution in [2.24, 2.45) is 0 Å². The van der Waals surface area contributed by atoms with Crippen molar-refractivity contribution in [3.05, 3.63) is 0 Å². The number of H-pyrrole nitrogens is 1. The van der Waals surface area contributed by atoms with Crippen LogP contribution in [0.15, 0.2) is 5.16 Å². The third kappa shape index (κ3) is 4.43. The normalized spacial score (nSPS) is 14.2. The van der Waals surface area contributed by atoms with Crippen molar-refractivity contribution in [3.63, 3.8) is 0 Å². The molecule has 8 nitrogen and oxygen atoms in total. The monoisotopic (exact) mass is 284 g/mol. The van der Waals surface area contributed by atoms with Gasteiger partial charge < -0.3 is 16.0 Å². The molecule has 1 saturated carbocycles. The molecular formula is C10H16N6O2S. The molecule has 19 heavy (non-hydrogen) atoms. The predicted octanol–water partition coefficient (Wildman–Crippen LogP) is -0.784. The highest BCUT2D eigenvalue weighted by Gasteiger charge is 2.24. The minimum Gasteiger partial charge on any atom is -0.368 e. The lowest BCUT2D eigenvalue weighted by Gasteiger charge is -2.16. The van der Waals surface area contributed by atoms with Gasteiger partial charge in [0.15, 0.2) is 0 Å². The van der Waals surface area contributed by atoms with Crippen LogP contribution in [0, 0.1) is 0 Å². The Morgan fingerprint density at radius 1 is 1.58 bits per heavy atom. The van der Waals surface area contributed by atoms with E-state index in [2.05, 4.69) is 20.5 Å². The number of thioether (sulfide) groups is 1. The van der Waals surface area contributed by atoms with Crippen LogP contribution >= 0.6 is 11.8 Å². The first kappa shape index (κ1) is 13.7. The number of likely N-dealkylation sites (N-methyl/N-ethyl adjacent to an activating group) is 1. The van der Waals surface area contributed by atoms with Crippen LogP contribution in [-0.4, -0.2) is 57.3 Å². The number of hydrogen-bond acceptors (Lipinski definition) is 6. The molecule has 1 aromatic rings. The number of aromatic amines is 1. The van der Waals surface area contributed by atoms with Crippen LogP contribution in [0.3, 0.4) is 0 Å². The number of anilines is 1. The van der Waals surface area contributed by atoms with Gasteiger partial charge in [0.05, 0.1) is 12.3 Å². The van der Waals surface area contributed by atoms with Gasteiger partial charge >= 0.3 is 0 Å². The lowest BCUT2D eigenvalue weighted by Crippen LogP contribution is -2.39. The highest BCUT2D eigenvalue weighted by Crippen LogP contribution is 2.18. The number of nitrogens with zero attached hydrogens (tertiary/aromatic N) is 3. The molecule has 1 heterocycles. The summed E-state index contributed by atoms with van der Waals surface area (Å²) in [4.78, 5) is 28.6. The molecule has 9 heteroatoms. The van der Waals surface area contributed by atoms with Crippen LogP contribution in [0.25, 0.3) is 0 Å². The lowest BCUT2D eigenvalue weighted by atomic mass is 10.5. The van der Waals surface area contributed by atoms with E-state index in [1.54, 1.807) is 7.05 Å². The van der Waals surface area contributed by atoms with Gasteiger partial charge in [0, 0.05) is 13.1 Å². The fourth-order valence-corrected chi connectivity index (χ4v) is 2.11. The number of rotatable bonds is 6. The third-order valence-corrected chi connectivity index (χ3v) is 3.39. The molecular weight excluding hydrogens is 268 g/mol. The Morgan fingerprint density at radius 3 is 2.89 bits per heavy atom. The number of aromatic nitrogens is 3. The maximum Gasteiger partial charge on any atom is 0.239 e. The van der Waals surface area contributed by atoms with E-state index in [4.69, 9.17) is 5.73 Å². The molecule has 0 spiro atoms. The van der Waals surface area contributed by atoms with Crippen LogP contribution < -0.4 is 11.1 Å². The van der Waals surface area contributed by atoms with Gasteiger partial charge in [-0.05, 0) is 12.8 Å². The molecule has 0 bridgehead atoms. The number of nitrogens with one attached hydrogen (secondary N) is 2. The zero-order valence-corrected chi connectivity index (χ0v) is 11.4. The topological polar surface area (TPSA) is 117 Å². The minimum atomic E-state index is -0.153. The summed E-state index contributed by atoms with van der Waals surface area (Å²) in [5.74, 6) is 0.113. The number of carbonyl (C=O) groups excluding carboxylic acids is 2. The van der Waals surface area contributed by atoms with E-state index in [0.717, 1.165) is 12.8 Å². The van der Waals surface area contributed by atoms with E-state index in [9.17, 15) is 9.59 Å². The summed E-state index contributed by atoms with van der Waals surface area (Å²) in [7, 11) is 1.60. The van der Waals surface area contributed by atoms with Gasteiger partial charge in [-0.2, -0.15) is 4.98 Å². The van der Waals surface area contributed by atoms with Gasteiger partial charge in [0.25, 0.3) is 0 Å². The summed E-state index contributed by atoms with van der Waals surface area (Å²) < 4.78 is 0. The van der Waals surface area contributed by atoms with Crippen molar-refractivity contribution in [3.8, 4) is 0 Å². The summed E-state index contributed by atoms with van der Waals surface area (Å²) in [5.41, 5.74) is 5.37. The van der Waals surface area contributed by atoms with Gasteiger partial charge in [-0.1, -0.05) is 11.8 Å². The summed E-state index contributed by atoms with van der Waals surface area (Å²) in [6, 6.07) is 0.307. The van der Waals surface area contributed by atoms with Crippen molar-refractivity contribution in [2.45, 2.75) is 24.0 Å². The molecule has 0 saturated heterocycles. The Hall–Kier alpha value is -1.77. The minimum absolute atomic E-state index is 0.0754. The quantitative estimate of drug-likeness (QED) is 0.590. The van der Waals surface area contributed by atoms with Gasteiger partial charge in [-0.15, -0.1) is 5.10 Å². The summed E-state index contributed by atoms with van der Waals surface area (Å²) in [6.07, 6.45) is 2.07. The first-order valence-corrected chi connectivity index (χ1v) is 6.87. The third-order valence-electron chi connectivity index (χ3n) is 2.56. The van der Waals surface area contributed by atoms with Crippen molar-refractivity contribution < 1.29 is 9.59 Å². The highest BCUT2D eigenvalue weighted by atomic mass is 32.2. The largest absolute Gasteiger partial charge is 0.368 e. The predicted molar refractivity (Wildman–Crippen MR) is 70.3 cm³/mol. The number of amides is 2. The molecule has 0 atom stereocenters. The van der Waals surface area contributed by atoms with Crippen LogP contribution in [0.2, 0.25) is 0 Å². The van der Waals surface area contributed by atoms with Crippen molar-refractivity contribution in [1.82, 2.24) is 25.4 Å². The fourth-order valence-electron chi connectivity index (χ4n) is 1.36. The SMILES string of the molecule is CN(CC(=O)NC1CC1)C(=O)CSc1n[nH]c(N)n1. The Bertz CT molecular complexity index is 472. The molecule has 2 rings (SSSR count). The van der Waals surface area contributed by atoms with Crippen LogP contribution in [0.1, 0.15) is 12.8 Å². The molecule has 0 unspecified atom stereocenters. The van der Waals surface area contributed by atoms with Crippen molar-refractivity contribution >= 4 is 29.5 Å². The molecule has 0 aromatic carbocycles. The van der Waals surface area contributed by atoms with Crippen LogP contribution in [-0.2, 0) is 9.59 Å². The van der Waals surface area contributed by atoms with Crippen LogP contribution in [0.5, 0.6) is 0 Å². The smallest absolute Gasteiger partial charge is 0.239 e. The van der Waals surface area contributed by atoms with E-state index in [0.29, 0.717) is 11.2 Å². The molecule has 1 fully saturated rings. The van der Waals surface area contributed by atoms with E-state index >= 15 is 0 Å². The fraction of sp³-hybridized carbons (Fsp3) is 0.600. The van der Waals surface area contributed by atoms with Gasteiger partial charge in [-0.25, -0.2) is 5.10 Å². The molecule has 4 N–H and O–H groups in total. The van der Waals surface area contributed by atoms with Crippen LogP contribution in [0.4, 0.5) is 5.95 Å². The van der Waals surface area contributed by atoms with Crippen molar-refractivity contribution in [1.29, 1.82) is 0 Å². The first-order chi connectivity index (χ1) is 9.04. The molecule has 0 aliphatic heterocycles. The zero-order chi connectivity index (χ0) is 13.8. The Balaban J connectivity index is 1.70. The number of nitrogens with two attached hydrogens (primary N) is 1. The average Bonchev–Trinajstić information content (AvgIpc) is 3.06. The molecule has 104 valence electrons. The number of carbonyl (C=O) groups is 2. The first-order valence-electron chi connectivity index (χ1n) is 5.88. The van der Waals surface area contributed by atoms with Gasteiger partial charge in [0.1, 0.15) is 0 Å². The summed E-state index contributed by atoms with van der Waals surface area (Å²) >= 11 is 1.17. The van der Waals surface area contributed by atoms with E-state index in [1.807, 2.05) is 0 Å². The molecule has 0 radical (unpaired) electrons. The summed E-state index contributed by atoms with van der Waals surface area (Å²) in [5, 5.41) is 9.55. The molecule has 1 aliphatic rings. The average molecular weight is 284 g/mol. The maximum atomic E-state index is 11.8. The van der Waals surface area contributed by atoms with Gasteiger partial charge in [-0.3, -0.25) is 9.59 Å². The second kappa shape index (κ2) is 5.91. The number of hydrogen-bond donors (Lipinski definition) is 3. The second-order valence-corrected chi connectivity index (χ2v) is 5.33. The molecule has 1 aromatic heterocycles. The Labute approximate surface area is 114 Å². The molecule has 1 aliphatic carbocycles.